The summed E-state index contributed by atoms with van der Waals surface area (Å²) in [5.41, 5.74) is 0. The Morgan fingerprint density at radius 3 is 2.42 bits per heavy atom. The van der Waals surface area contributed by atoms with Crippen molar-refractivity contribution in [1.82, 2.24) is 25.0 Å². The van der Waals surface area contributed by atoms with Crippen LogP contribution in [-0.2, 0) is 16.6 Å². The average Bonchev–Trinajstić information content (AvgIpc) is 3.25. The monoisotopic (exact) mass is 333 g/mol. The topological polar surface area (TPSA) is 80.1 Å². The Morgan fingerprint density at radius 1 is 1.17 bits per heavy atom. The van der Waals surface area contributed by atoms with Crippen LogP contribution in [0.2, 0.25) is 0 Å². The van der Waals surface area contributed by atoms with Crippen LogP contribution in [-0.4, -0.2) is 44.6 Å². The third-order valence-corrected chi connectivity index (χ3v) is 5.37. The van der Waals surface area contributed by atoms with Crippen LogP contribution in [0.4, 0.5) is 0 Å². The molecule has 0 unspecified atom stereocenters. The fourth-order valence-corrected chi connectivity index (χ4v) is 3.87. The molecule has 2 amide bonds. The van der Waals surface area contributed by atoms with Crippen molar-refractivity contribution < 1.29 is 9.59 Å². The Morgan fingerprint density at radius 2 is 1.83 bits per heavy atom. The zero-order chi connectivity index (χ0) is 17.1. The summed E-state index contributed by atoms with van der Waals surface area (Å²) in [7, 11) is 1.87. The van der Waals surface area contributed by atoms with Crippen molar-refractivity contribution in [2.24, 2.45) is 18.9 Å². The smallest absolute Gasteiger partial charge is 0.225 e. The second-order valence-corrected chi connectivity index (χ2v) is 7.11. The predicted octanol–water partition coefficient (Wildman–Crippen LogP) is 1.42. The summed E-state index contributed by atoms with van der Waals surface area (Å²) in [5, 5.41) is 10.9. The summed E-state index contributed by atoms with van der Waals surface area (Å²) in [6.45, 7) is 3.32. The lowest BCUT2D eigenvalue weighted by Gasteiger charge is -2.33. The van der Waals surface area contributed by atoms with Gasteiger partial charge in [0.05, 0.1) is 6.04 Å². The van der Waals surface area contributed by atoms with Crippen LogP contribution in [0, 0.1) is 11.8 Å². The molecule has 1 N–H and O–H groups in total. The first-order chi connectivity index (χ1) is 11.6. The molecule has 0 aromatic carbocycles. The normalized spacial score (nSPS) is 21.0. The van der Waals surface area contributed by atoms with Gasteiger partial charge >= 0.3 is 0 Å². The van der Waals surface area contributed by atoms with E-state index in [-0.39, 0.29) is 23.8 Å². The number of piperidine rings is 1. The number of amides is 2. The molecule has 2 aliphatic rings. The number of nitrogens with one attached hydrogen (secondary N) is 1. The highest BCUT2D eigenvalue weighted by Crippen LogP contribution is 2.28. The van der Waals surface area contributed by atoms with E-state index in [1.54, 1.807) is 6.33 Å². The van der Waals surface area contributed by atoms with Gasteiger partial charge in [-0.1, -0.05) is 12.8 Å². The van der Waals surface area contributed by atoms with Gasteiger partial charge in [0.15, 0.2) is 5.82 Å². The highest BCUT2D eigenvalue weighted by molar-refractivity contribution is 5.81. The molecule has 132 valence electrons. The zero-order valence-corrected chi connectivity index (χ0v) is 14.6. The summed E-state index contributed by atoms with van der Waals surface area (Å²) in [4.78, 5) is 26.9. The van der Waals surface area contributed by atoms with Crippen LogP contribution < -0.4 is 5.32 Å². The van der Waals surface area contributed by atoms with Crippen LogP contribution in [0.3, 0.4) is 0 Å². The van der Waals surface area contributed by atoms with Crippen LogP contribution in [0.5, 0.6) is 0 Å². The first kappa shape index (κ1) is 16.9. The van der Waals surface area contributed by atoms with E-state index in [9.17, 15) is 9.59 Å². The second kappa shape index (κ2) is 7.32. The average molecular weight is 333 g/mol. The molecule has 0 bridgehead atoms. The molecule has 7 heteroatoms. The third-order valence-electron chi connectivity index (χ3n) is 5.37. The third kappa shape index (κ3) is 3.60. The minimum absolute atomic E-state index is 0.0201. The summed E-state index contributed by atoms with van der Waals surface area (Å²) in [6, 6.07) is -0.164. The van der Waals surface area contributed by atoms with Crippen molar-refractivity contribution >= 4 is 11.8 Å². The van der Waals surface area contributed by atoms with Gasteiger partial charge in [0.25, 0.3) is 0 Å². The molecule has 1 saturated heterocycles. The van der Waals surface area contributed by atoms with Gasteiger partial charge in [0.2, 0.25) is 11.8 Å². The van der Waals surface area contributed by atoms with Crippen molar-refractivity contribution in [3.63, 3.8) is 0 Å². The molecule has 1 aliphatic carbocycles. The molecule has 2 heterocycles. The molecule has 2 fully saturated rings. The Kier molecular flexibility index (Phi) is 5.16. The molecular weight excluding hydrogens is 306 g/mol. The van der Waals surface area contributed by atoms with Crippen molar-refractivity contribution in [2.75, 3.05) is 13.1 Å². The van der Waals surface area contributed by atoms with E-state index in [0.29, 0.717) is 19.0 Å². The number of likely N-dealkylation sites (tertiary alicyclic amines) is 1. The highest BCUT2D eigenvalue weighted by atomic mass is 16.2. The summed E-state index contributed by atoms with van der Waals surface area (Å²) < 4.78 is 1.81. The standard InChI is InChI=1S/C17H27N5O2/c1-12(15-20-18-11-21(15)2)19-16(23)13-7-9-22(10-8-13)17(24)14-5-3-4-6-14/h11-14H,3-10H2,1-2H3,(H,19,23)/t12-/m1/s1. The molecule has 7 nitrogen and oxygen atoms in total. The molecule has 1 aliphatic heterocycles. The second-order valence-electron chi connectivity index (χ2n) is 7.11. The Bertz CT molecular complexity index is 586. The Balaban J connectivity index is 1.48. The molecule has 1 aromatic rings. The lowest BCUT2D eigenvalue weighted by molar-refractivity contribution is -0.139. The van der Waals surface area contributed by atoms with Gasteiger partial charge < -0.3 is 14.8 Å². The van der Waals surface area contributed by atoms with Gasteiger partial charge in [-0.25, -0.2) is 0 Å². The molecule has 1 atom stereocenters. The first-order valence-corrected chi connectivity index (χ1v) is 8.99. The quantitative estimate of drug-likeness (QED) is 0.904. The Labute approximate surface area is 142 Å². The number of carbonyl (C=O) groups is 2. The number of aryl methyl sites for hydroxylation is 1. The predicted molar refractivity (Wildman–Crippen MR) is 88.8 cm³/mol. The van der Waals surface area contributed by atoms with Gasteiger partial charge in [-0.15, -0.1) is 10.2 Å². The molecule has 3 rings (SSSR count). The van der Waals surface area contributed by atoms with Crippen molar-refractivity contribution in [2.45, 2.75) is 51.5 Å². The van der Waals surface area contributed by atoms with E-state index < -0.39 is 0 Å². The lowest BCUT2D eigenvalue weighted by atomic mass is 9.94. The number of aromatic nitrogens is 3. The maximum absolute atomic E-state index is 12.5. The fourth-order valence-electron chi connectivity index (χ4n) is 3.87. The minimum atomic E-state index is -0.164. The van der Waals surface area contributed by atoms with Gasteiger partial charge in [-0.05, 0) is 32.6 Å². The fraction of sp³-hybridized carbons (Fsp3) is 0.765. The molecule has 1 saturated carbocycles. The van der Waals surface area contributed by atoms with E-state index in [0.717, 1.165) is 31.5 Å². The van der Waals surface area contributed by atoms with Crippen LogP contribution in [0.15, 0.2) is 6.33 Å². The molecular formula is C17H27N5O2. The molecule has 24 heavy (non-hydrogen) atoms. The number of rotatable bonds is 4. The van der Waals surface area contributed by atoms with E-state index in [2.05, 4.69) is 15.5 Å². The highest BCUT2D eigenvalue weighted by Gasteiger charge is 2.32. The SMILES string of the molecule is C[C@@H](NC(=O)C1CCN(C(=O)C2CCCC2)CC1)c1nncn1C. The van der Waals surface area contributed by atoms with Crippen molar-refractivity contribution in [3.8, 4) is 0 Å². The maximum Gasteiger partial charge on any atom is 0.225 e. The van der Waals surface area contributed by atoms with E-state index in [4.69, 9.17) is 0 Å². The Hall–Kier alpha value is -1.92. The van der Waals surface area contributed by atoms with Gasteiger partial charge in [-0.2, -0.15) is 0 Å². The summed E-state index contributed by atoms with van der Waals surface area (Å²) in [5.74, 6) is 1.31. The van der Waals surface area contributed by atoms with E-state index >= 15 is 0 Å². The zero-order valence-electron chi connectivity index (χ0n) is 14.6. The first-order valence-electron chi connectivity index (χ1n) is 8.99. The molecule has 1 aromatic heterocycles. The molecule has 0 radical (unpaired) electrons. The molecule has 0 spiro atoms. The maximum atomic E-state index is 12.5. The summed E-state index contributed by atoms with van der Waals surface area (Å²) >= 11 is 0. The number of nitrogens with zero attached hydrogens (tertiary/aromatic N) is 4. The van der Waals surface area contributed by atoms with E-state index in [1.165, 1.54) is 12.8 Å². The summed E-state index contributed by atoms with van der Waals surface area (Å²) in [6.07, 6.45) is 7.55. The van der Waals surface area contributed by atoms with E-state index in [1.807, 2.05) is 23.4 Å². The van der Waals surface area contributed by atoms with Crippen LogP contribution in [0.1, 0.15) is 57.3 Å². The van der Waals surface area contributed by atoms with Gasteiger partial charge in [0, 0.05) is 32.0 Å². The lowest BCUT2D eigenvalue weighted by Crippen LogP contribution is -2.45. The van der Waals surface area contributed by atoms with Crippen molar-refractivity contribution in [1.29, 1.82) is 0 Å². The van der Waals surface area contributed by atoms with Crippen LogP contribution >= 0.6 is 0 Å². The van der Waals surface area contributed by atoms with Crippen LogP contribution in [0.25, 0.3) is 0 Å². The minimum Gasteiger partial charge on any atom is -0.346 e. The number of hydrogen-bond donors (Lipinski definition) is 1. The number of hydrogen-bond acceptors (Lipinski definition) is 4. The largest absolute Gasteiger partial charge is 0.346 e. The van der Waals surface area contributed by atoms with Crippen molar-refractivity contribution in [3.05, 3.63) is 12.2 Å². The van der Waals surface area contributed by atoms with Gasteiger partial charge in [-0.3, -0.25) is 9.59 Å². The van der Waals surface area contributed by atoms with Gasteiger partial charge in [0.1, 0.15) is 6.33 Å². The number of carbonyl (C=O) groups excluding carboxylic acids is 2.